The molecule has 1 amide bonds. The Balaban J connectivity index is 2.06. The maximum Gasteiger partial charge on any atom is 0.290 e. The smallest absolute Gasteiger partial charge is 0.290 e. The average Bonchev–Trinajstić information content (AvgIpc) is 3.22. The Morgan fingerprint density at radius 2 is 2.04 bits per heavy atom. The van der Waals surface area contributed by atoms with Gasteiger partial charge in [0.05, 0.1) is 23.1 Å². The van der Waals surface area contributed by atoms with Crippen molar-refractivity contribution in [2.75, 3.05) is 20.3 Å². The van der Waals surface area contributed by atoms with Crippen LogP contribution in [0.2, 0.25) is 0 Å². The van der Waals surface area contributed by atoms with Gasteiger partial charge in [-0.05, 0) is 51.7 Å². The first-order valence-corrected chi connectivity index (χ1v) is 9.57. The molecule has 1 aliphatic heterocycles. The zero-order valence-electron chi connectivity index (χ0n) is 13.4. The second kappa shape index (κ2) is 7.67. The molecule has 2 heterocycles. The average molecular weight is 469 g/mol. The minimum absolute atomic E-state index is 0.129. The minimum Gasteiger partial charge on any atom is -0.503 e. The normalized spacial score (nSPS) is 17.4. The van der Waals surface area contributed by atoms with E-state index < -0.39 is 17.7 Å². The molecule has 1 unspecified atom stereocenters. The lowest BCUT2D eigenvalue weighted by molar-refractivity contribution is -0.130. The molecule has 1 aliphatic rings. The summed E-state index contributed by atoms with van der Waals surface area (Å²) in [6, 6.07) is 10.4. The third kappa shape index (κ3) is 3.49. The van der Waals surface area contributed by atoms with Gasteiger partial charge in [0, 0.05) is 17.2 Å². The van der Waals surface area contributed by atoms with Crippen LogP contribution in [0.1, 0.15) is 21.3 Å². The van der Waals surface area contributed by atoms with Crippen LogP contribution in [0.25, 0.3) is 0 Å². The summed E-state index contributed by atoms with van der Waals surface area (Å²) in [5.41, 5.74) is 0.915. The third-order valence-corrected chi connectivity index (χ3v) is 5.60. The fourth-order valence-electron chi connectivity index (χ4n) is 2.84. The Hall–Kier alpha value is -1.71. The Kier molecular flexibility index (Phi) is 5.55. The van der Waals surface area contributed by atoms with Crippen LogP contribution >= 0.6 is 33.9 Å². The van der Waals surface area contributed by atoms with Gasteiger partial charge in [0.15, 0.2) is 5.76 Å². The van der Waals surface area contributed by atoms with Gasteiger partial charge in [0.25, 0.3) is 5.91 Å². The zero-order valence-corrected chi connectivity index (χ0v) is 16.4. The van der Waals surface area contributed by atoms with E-state index in [9.17, 15) is 14.7 Å². The number of hydrogen-bond donors (Lipinski definition) is 1. The lowest BCUT2D eigenvalue weighted by Gasteiger charge is -2.26. The SMILES string of the molecule is COCCN1C(=O)C(O)=C(C(=O)c2cccs2)C1c1ccc(I)cc1. The molecule has 2 aromatic rings. The monoisotopic (exact) mass is 469 g/mol. The summed E-state index contributed by atoms with van der Waals surface area (Å²) in [6.45, 7) is 0.609. The van der Waals surface area contributed by atoms with Crippen molar-refractivity contribution in [2.45, 2.75) is 6.04 Å². The molecule has 130 valence electrons. The van der Waals surface area contributed by atoms with E-state index in [0.29, 0.717) is 11.5 Å². The van der Waals surface area contributed by atoms with Crippen molar-refractivity contribution >= 4 is 45.6 Å². The summed E-state index contributed by atoms with van der Waals surface area (Å²) in [5, 5.41) is 12.2. The van der Waals surface area contributed by atoms with Gasteiger partial charge >= 0.3 is 0 Å². The predicted molar refractivity (Wildman–Crippen MR) is 104 cm³/mol. The number of ether oxygens (including phenoxy) is 1. The number of aliphatic hydroxyl groups is 1. The summed E-state index contributed by atoms with van der Waals surface area (Å²) >= 11 is 3.49. The van der Waals surface area contributed by atoms with Crippen LogP contribution in [0.15, 0.2) is 53.1 Å². The van der Waals surface area contributed by atoms with Crippen molar-refractivity contribution in [3.63, 3.8) is 0 Å². The molecule has 25 heavy (non-hydrogen) atoms. The van der Waals surface area contributed by atoms with Crippen LogP contribution in [-0.4, -0.2) is 42.0 Å². The molecule has 0 bridgehead atoms. The lowest BCUT2D eigenvalue weighted by Crippen LogP contribution is -2.33. The van der Waals surface area contributed by atoms with Crippen molar-refractivity contribution in [1.29, 1.82) is 0 Å². The van der Waals surface area contributed by atoms with Gasteiger partial charge < -0.3 is 14.7 Å². The first-order valence-electron chi connectivity index (χ1n) is 7.61. The maximum atomic E-state index is 12.9. The Morgan fingerprint density at radius 1 is 1.32 bits per heavy atom. The summed E-state index contributed by atoms with van der Waals surface area (Å²) in [7, 11) is 1.55. The summed E-state index contributed by atoms with van der Waals surface area (Å²) in [5.74, 6) is -1.33. The molecule has 0 fully saturated rings. The molecule has 1 atom stereocenters. The van der Waals surface area contributed by atoms with Crippen LogP contribution in [0.5, 0.6) is 0 Å². The highest BCUT2D eigenvalue weighted by Gasteiger charge is 2.43. The highest BCUT2D eigenvalue weighted by molar-refractivity contribution is 14.1. The van der Waals surface area contributed by atoms with E-state index in [1.165, 1.54) is 16.2 Å². The molecule has 1 N–H and O–H groups in total. The number of nitrogens with zero attached hydrogens (tertiary/aromatic N) is 1. The number of benzene rings is 1. The van der Waals surface area contributed by atoms with Crippen LogP contribution < -0.4 is 0 Å². The maximum absolute atomic E-state index is 12.9. The number of methoxy groups -OCH3 is 1. The number of aliphatic hydroxyl groups excluding tert-OH is 1. The van der Waals surface area contributed by atoms with Crippen LogP contribution in [0.4, 0.5) is 0 Å². The number of halogens is 1. The van der Waals surface area contributed by atoms with E-state index in [-0.39, 0.29) is 17.9 Å². The van der Waals surface area contributed by atoms with Crippen molar-refractivity contribution in [2.24, 2.45) is 0 Å². The van der Waals surface area contributed by atoms with Gasteiger partial charge in [-0.3, -0.25) is 9.59 Å². The summed E-state index contributed by atoms with van der Waals surface area (Å²) in [6.07, 6.45) is 0. The molecule has 1 aromatic heterocycles. The molecule has 3 rings (SSSR count). The molecule has 0 saturated carbocycles. The van der Waals surface area contributed by atoms with E-state index in [1.807, 2.05) is 24.3 Å². The number of amides is 1. The van der Waals surface area contributed by atoms with Gasteiger partial charge in [-0.25, -0.2) is 0 Å². The van der Waals surface area contributed by atoms with E-state index >= 15 is 0 Å². The van der Waals surface area contributed by atoms with Crippen molar-refractivity contribution in [1.82, 2.24) is 4.90 Å². The minimum atomic E-state index is -0.616. The highest BCUT2D eigenvalue weighted by Crippen LogP contribution is 2.39. The van der Waals surface area contributed by atoms with Crippen LogP contribution in [0.3, 0.4) is 0 Å². The number of carbonyl (C=O) groups is 2. The van der Waals surface area contributed by atoms with Crippen LogP contribution in [0, 0.1) is 3.57 Å². The van der Waals surface area contributed by atoms with Gasteiger partial charge in [-0.2, -0.15) is 0 Å². The van der Waals surface area contributed by atoms with Crippen molar-refractivity contribution < 1.29 is 19.4 Å². The number of hydrogen-bond acceptors (Lipinski definition) is 5. The fourth-order valence-corrected chi connectivity index (χ4v) is 3.88. The molecule has 1 aromatic carbocycles. The number of thiophene rings is 1. The van der Waals surface area contributed by atoms with E-state index in [4.69, 9.17) is 4.74 Å². The predicted octanol–water partition coefficient (Wildman–Crippen LogP) is 3.58. The number of ketones is 1. The Labute approximate surface area is 163 Å². The molecule has 0 spiro atoms. The second-order valence-electron chi connectivity index (χ2n) is 5.51. The van der Waals surface area contributed by atoms with Gasteiger partial charge in [0.1, 0.15) is 0 Å². The Morgan fingerprint density at radius 3 is 2.64 bits per heavy atom. The van der Waals surface area contributed by atoms with Crippen LogP contribution in [-0.2, 0) is 9.53 Å². The van der Waals surface area contributed by atoms with Gasteiger partial charge in [-0.15, -0.1) is 11.3 Å². The standard InChI is InChI=1S/C18H16INO4S/c1-24-9-8-20-15(11-4-6-12(19)7-5-11)14(17(22)18(20)23)16(21)13-3-2-10-25-13/h2-7,10,15,22H,8-9H2,1H3. The molecule has 0 saturated heterocycles. The van der Waals surface area contributed by atoms with Gasteiger partial charge in [-0.1, -0.05) is 18.2 Å². The van der Waals surface area contributed by atoms with E-state index in [0.717, 1.165) is 9.13 Å². The number of rotatable bonds is 6. The number of carbonyl (C=O) groups excluding carboxylic acids is 2. The molecule has 7 heteroatoms. The zero-order chi connectivity index (χ0) is 18.0. The quantitative estimate of drug-likeness (QED) is 0.519. The molecule has 0 radical (unpaired) electrons. The van der Waals surface area contributed by atoms with E-state index in [1.54, 1.807) is 24.6 Å². The molecule has 5 nitrogen and oxygen atoms in total. The summed E-state index contributed by atoms with van der Waals surface area (Å²) in [4.78, 5) is 27.5. The van der Waals surface area contributed by atoms with Gasteiger partial charge in [0.2, 0.25) is 5.78 Å². The first kappa shape index (κ1) is 18.1. The topological polar surface area (TPSA) is 66.8 Å². The van der Waals surface area contributed by atoms with Crippen molar-refractivity contribution in [3.8, 4) is 0 Å². The fraction of sp³-hybridized carbons (Fsp3) is 0.222. The molecular formula is C18H16INO4S. The molecule has 0 aliphatic carbocycles. The first-order chi connectivity index (χ1) is 12.0. The number of Topliss-reactive ketones (excluding diaryl/α,β-unsaturated/α-hetero) is 1. The second-order valence-corrected chi connectivity index (χ2v) is 7.71. The highest BCUT2D eigenvalue weighted by atomic mass is 127. The van der Waals surface area contributed by atoms with E-state index in [2.05, 4.69) is 22.6 Å². The Bertz CT molecular complexity index is 814. The largest absolute Gasteiger partial charge is 0.503 e. The lowest BCUT2D eigenvalue weighted by atomic mass is 9.95. The third-order valence-electron chi connectivity index (χ3n) is 4.02. The summed E-state index contributed by atoms with van der Waals surface area (Å²) < 4.78 is 6.13. The van der Waals surface area contributed by atoms with Crippen molar-refractivity contribution in [3.05, 3.63) is 67.1 Å². The molecular weight excluding hydrogens is 453 g/mol.